The number of rotatable bonds is 2. The number of amides is 2. The predicted octanol–water partition coefficient (Wildman–Crippen LogP) is 2.18. The van der Waals surface area contributed by atoms with E-state index in [1.807, 2.05) is 12.3 Å². The van der Waals surface area contributed by atoms with Crippen LogP contribution in [0.4, 0.5) is 10.6 Å². The van der Waals surface area contributed by atoms with Crippen molar-refractivity contribution in [3.05, 3.63) is 35.3 Å². The zero-order valence-electron chi connectivity index (χ0n) is 13.7. The SMILES string of the molecule is CC(C)(C)c1ccc(NC(=O)N[C@@H]2CCc3[nH]ncc3C2)nn1. The van der Waals surface area contributed by atoms with Crippen molar-refractivity contribution >= 4 is 11.8 Å². The zero-order valence-corrected chi connectivity index (χ0v) is 13.7. The molecule has 2 amide bonds. The molecule has 0 saturated heterocycles. The van der Waals surface area contributed by atoms with Gasteiger partial charge in [0.2, 0.25) is 0 Å². The number of hydrogen-bond donors (Lipinski definition) is 3. The number of urea groups is 1. The molecular formula is C16H22N6O. The Balaban J connectivity index is 1.56. The monoisotopic (exact) mass is 314 g/mol. The van der Waals surface area contributed by atoms with E-state index in [2.05, 4.69) is 51.8 Å². The van der Waals surface area contributed by atoms with Gasteiger partial charge in [-0.1, -0.05) is 20.8 Å². The third kappa shape index (κ3) is 3.67. The lowest BCUT2D eigenvalue weighted by molar-refractivity contribution is 0.247. The Morgan fingerprint density at radius 2 is 2.13 bits per heavy atom. The molecule has 3 N–H and O–H groups in total. The molecule has 23 heavy (non-hydrogen) atoms. The number of anilines is 1. The van der Waals surface area contributed by atoms with Gasteiger partial charge in [-0.05, 0) is 37.0 Å². The first-order valence-electron chi connectivity index (χ1n) is 7.84. The summed E-state index contributed by atoms with van der Waals surface area (Å²) in [5.41, 5.74) is 3.18. The first-order chi connectivity index (χ1) is 10.9. The Bertz CT molecular complexity index is 685. The van der Waals surface area contributed by atoms with Gasteiger partial charge in [-0.3, -0.25) is 10.4 Å². The molecule has 1 aliphatic rings. The van der Waals surface area contributed by atoms with Crippen molar-refractivity contribution in [2.24, 2.45) is 0 Å². The number of aryl methyl sites for hydroxylation is 1. The van der Waals surface area contributed by atoms with Gasteiger partial charge in [0.15, 0.2) is 5.82 Å². The summed E-state index contributed by atoms with van der Waals surface area (Å²) in [6, 6.07) is 3.53. The summed E-state index contributed by atoms with van der Waals surface area (Å²) >= 11 is 0. The summed E-state index contributed by atoms with van der Waals surface area (Å²) in [5.74, 6) is 0.454. The first kappa shape index (κ1) is 15.5. The molecule has 3 rings (SSSR count). The van der Waals surface area contributed by atoms with Gasteiger partial charge >= 0.3 is 6.03 Å². The number of carbonyl (C=O) groups is 1. The van der Waals surface area contributed by atoms with E-state index in [0.717, 1.165) is 25.0 Å². The minimum atomic E-state index is -0.250. The maximum atomic E-state index is 12.1. The van der Waals surface area contributed by atoms with Crippen LogP contribution in [0.1, 0.15) is 44.1 Å². The average molecular weight is 314 g/mol. The van der Waals surface area contributed by atoms with E-state index < -0.39 is 0 Å². The highest BCUT2D eigenvalue weighted by molar-refractivity contribution is 5.88. The second kappa shape index (κ2) is 5.98. The summed E-state index contributed by atoms with van der Waals surface area (Å²) in [7, 11) is 0. The van der Waals surface area contributed by atoms with E-state index in [-0.39, 0.29) is 17.5 Å². The summed E-state index contributed by atoms with van der Waals surface area (Å²) in [6.45, 7) is 6.22. The van der Waals surface area contributed by atoms with Gasteiger partial charge in [-0.25, -0.2) is 4.79 Å². The van der Waals surface area contributed by atoms with Crippen molar-refractivity contribution in [2.45, 2.75) is 51.5 Å². The minimum absolute atomic E-state index is 0.0574. The third-order valence-corrected chi connectivity index (χ3v) is 4.03. The van der Waals surface area contributed by atoms with E-state index in [0.29, 0.717) is 5.82 Å². The van der Waals surface area contributed by atoms with Crippen molar-refractivity contribution in [2.75, 3.05) is 5.32 Å². The van der Waals surface area contributed by atoms with Crippen LogP contribution in [0.25, 0.3) is 0 Å². The lowest BCUT2D eigenvalue weighted by Gasteiger charge is -2.22. The highest BCUT2D eigenvalue weighted by Gasteiger charge is 2.22. The fraction of sp³-hybridized carbons (Fsp3) is 0.500. The second-order valence-corrected chi connectivity index (χ2v) is 6.97. The maximum absolute atomic E-state index is 12.1. The van der Waals surface area contributed by atoms with Crippen LogP contribution in [0.15, 0.2) is 18.3 Å². The largest absolute Gasteiger partial charge is 0.335 e. The van der Waals surface area contributed by atoms with E-state index in [4.69, 9.17) is 0 Å². The van der Waals surface area contributed by atoms with Crippen molar-refractivity contribution in [3.63, 3.8) is 0 Å². The molecule has 7 nitrogen and oxygen atoms in total. The van der Waals surface area contributed by atoms with E-state index in [9.17, 15) is 4.79 Å². The van der Waals surface area contributed by atoms with Crippen LogP contribution in [0.5, 0.6) is 0 Å². The highest BCUT2D eigenvalue weighted by atomic mass is 16.2. The Kier molecular flexibility index (Phi) is 4.02. The lowest BCUT2D eigenvalue weighted by Crippen LogP contribution is -2.41. The molecule has 0 bridgehead atoms. The summed E-state index contributed by atoms with van der Waals surface area (Å²) in [6.07, 6.45) is 4.43. The lowest BCUT2D eigenvalue weighted by atomic mass is 9.92. The van der Waals surface area contributed by atoms with Crippen molar-refractivity contribution in [3.8, 4) is 0 Å². The van der Waals surface area contributed by atoms with Gasteiger partial charge in [0.05, 0.1) is 11.9 Å². The molecule has 0 fully saturated rings. The van der Waals surface area contributed by atoms with Crippen molar-refractivity contribution < 1.29 is 4.79 Å². The number of carbonyl (C=O) groups excluding carboxylic acids is 1. The molecule has 2 heterocycles. The number of aromatic nitrogens is 4. The summed E-state index contributed by atoms with van der Waals surface area (Å²) in [4.78, 5) is 12.1. The summed E-state index contributed by atoms with van der Waals surface area (Å²) in [5, 5.41) is 21.0. The Morgan fingerprint density at radius 3 is 2.83 bits per heavy atom. The number of H-pyrrole nitrogens is 1. The van der Waals surface area contributed by atoms with Crippen LogP contribution in [0.3, 0.4) is 0 Å². The third-order valence-electron chi connectivity index (χ3n) is 4.03. The van der Waals surface area contributed by atoms with Crippen LogP contribution in [-0.4, -0.2) is 32.5 Å². The molecule has 0 unspecified atom stereocenters. The Hall–Kier alpha value is -2.44. The van der Waals surface area contributed by atoms with Gasteiger partial charge in [-0.15, -0.1) is 5.10 Å². The number of nitrogens with zero attached hydrogens (tertiary/aromatic N) is 3. The number of hydrogen-bond acceptors (Lipinski definition) is 4. The second-order valence-electron chi connectivity index (χ2n) is 6.97. The maximum Gasteiger partial charge on any atom is 0.320 e. The van der Waals surface area contributed by atoms with Crippen LogP contribution in [0, 0.1) is 0 Å². The normalized spacial score (nSPS) is 17.4. The molecule has 2 aromatic rings. The van der Waals surface area contributed by atoms with E-state index in [1.165, 1.54) is 11.3 Å². The van der Waals surface area contributed by atoms with Crippen LogP contribution < -0.4 is 10.6 Å². The summed E-state index contributed by atoms with van der Waals surface area (Å²) < 4.78 is 0. The number of aromatic amines is 1. The topological polar surface area (TPSA) is 95.6 Å². The molecule has 1 atom stereocenters. The molecule has 0 spiro atoms. The van der Waals surface area contributed by atoms with E-state index in [1.54, 1.807) is 6.07 Å². The van der Waals surface area contributed by atoms with Gasteiger partial charge in [0, 0.05) is 17.2 Å². The molecule has 0 saturated carbocycles. The standard InChI is InChI=1S/C16H22N6O/c1-16(2,3)13-6-7-14(22-21-13)19-15(23)18-11-4-5-12-10(8-11)9-17-20-12/h6-7,9,11H,4-5,8H2,1-3H3,(H,17,20)(H2,18,19,22,23)/t11-/m1/s1. The van der Waals surface area contributed by atoms with Crippen molar-refractivity contribution in [1.29, 1.82) is 0 Å². The minimum Gasteiger partial charge on any atom is -0.335 e. The Labute approximate surface area is 135 Å². The van der Waals surface area contributed by atoms with E-state index >= 15 is 0 Å². The van der Waals surface area contributed by atoms with Gasteiger partial charge in [0.25, 0.3) is 0 Å². The van der Waals surface area contributed by atoms with Crippen LogP contribution in [-0.2, 0) is 18.3 Å². The number of fused-ring (bicyclic) bond motifs is 1. The first-order valence-corrected chi connectivity index (χ1v) is 7.84. The average Bonchev–Trinajstić information content (AvgIpc) is 2.94. The molecule has 0 aliphatic heterocycles. The van der Waals surface area contributed by atoms with Crippen molar-refractivity contribution in [1.82, 2.24) is 25.7 Å². The van der Waals surface area contributed by atoms with Gasteiger partial charge < -0.3 is 5.32 Å². The highest BCUT2D eigenvalue weighted by Crippen LogP contribution is 2.20. The van der Waals surface area contributed by atoms with Crippen LogP contribution in [0.2, 0.25) is 0 Å². The Morgan fingerprint density at radius 1 is 1.30 bits per heavy atom. The molecule has 2 aromatic heterocycles. The van der Waals surface area contributed by atoms with Crippen LogP contribution >= 0.6 is 0 Å². The molecular weight excluding hydrogens is 292 g/mol. The fourth-order valence-electron chi connectivity index (χ4n) is 2.68. The number of nitrogens with one attached hydrogen (secondary N) is 3. The van der Waals surface area contributed by atoms with Gasteiger partial charge in [-0.2, -0.15) is 10.2 Å². The molecule has 122 valence electrons. The molecule has 0 radical (unpaired) electrons. The molecule has 7 heteroatoms. The predicted molar refractivity (Wildman–Crippen MR) is 87.3 cm³/mol. The van der Waals surface area contributed by atoms with Gasteiger partial charge in [0.1, 0.15) is 0 Å². The quantitative estimate of drug-likeness (QED) is 0.791. The zero-order chi connectivity index (χ0) is 16.4. The molecule has 1 aliphatic carbocycles. The fourth-order valence-corrected chi connectivity index (χ4v) is 2.68. The molecule has 0 aromatic carbocycles. The smallest absolute Gasteiger partial charge is 0.320 e.